The van der Waals surface area contributed by atoms with Crippen LogP contribution in [-0.2, 0) is 20.8 Å². The van der Waals surface area contributed by atoms with E-state index < -0.39 is 54.3 Å². The molecule has 2 aliphatic heterocycles. The molecule has 5 amide bonds. The number of nitrogens with one attached hydrogen (secondary N) is 2. The smallest absolute Gasteiger partial charge is 0.332 e. The molecule has 0 saturated carbocycles. The number of para-hydroxylation sites is 2. The number of carboxylic acid groups (broad SMARTS) is 1. The van der Waals surface area contributed by atoms with E-state index in [1.807, 2.05) is 42.5 Å². The number of ether oxygens (including phenoxy) is 1. The molecule has 12 nitrogen and oxygen atoms in total. The molecule has 2 aliphatic rings. The number of carbonyl (C=O) groups is 5. The lowest BCUT2D eigenvalue weighted by molar-refractivity contribution is -0.141. The number of aliphatic carboxylic acids is 1. The van der Waals surface area contributed by atoms with E-state index in [0.29, 0.717) is 5.75 Å². The van der Waals surface area contributed by atoms with Crippen molar-refractivity contribution in [2.24, 2.45) is 5.73 Å². The number of amides is 5. The number of methoxy groups -OCH3 is 1. The van der Waals surface area contributed by atoms with Crippen LogP contribution in [0.2, 0.25) is 0 Å². The number of carbonyl (C=O) groups excluding carboxylic acids is 4. The summed E-state index contributed by atoms with van der Waals surface area (Å²) in [5.74, 6) is -3.19. The Kier molecular flexibility index (Phi) is 6.81. The molecule has 1 fully saturated rings. The molecule has 3 unspecified atom stereocenters. The second-order valence-electron chi connectivity index (χ2n) is 10.4. The molecule has 0 spiro atoms. The third-order valence-corrected chi connectivity index (χ3v) is 7.86. The Bertz CT molecular complexity index is 1820. The first-order valence-corrected chi connectivity index (χ1v) is 13.5. The summed E-state index contributed by atoms with van der Waals surface area (Å²) in [6.45, 7) is 0. The first-order valence-electron chi connectivity index (χ1n) is 13.5. The highest BCUT2D eigenvalue weighted by atomic mass is 16.5. The van der Waals surface area contributed by atoms with Crippen molar-refractivity contribution in [3.8, 4) is 5.75 Å². The molecule has 1 saturated heterocycles. The number of primary amides is 1. The highest BCUT2D eigenvalue weighted by molar-refractivity contribution is 6.24. The minimum Gasteiger partial charge on any atom is -0.497 e. The van der Waals surface area contributed by atoms with Gasteiger partial charge in [-0.15, -0.1) is 0 Å². The number of nitrogens with two attached hydrogens (primary N) is 1. The molecule has 3 atom stereocenters. The number of fused-ring (bicyclic) bond motifs is 4. The largest absolute Gasteiger partial charge is 0.497 e. The number of benzene rings is 3. The molecule has 43 heavy (non-hydrogen) atoms. The number of rotatable bonds is 8. The van der Waals surface area contributed by atoms with Gasteiger partial charge in [-0.1, -0.05) is 42.5 Å². The van der Waals surface area contributed by atoms with Crippen LogP contribution in [0.15, 0.2) is 72.8 Å². The van der Waals surface area contributed by atoms with Crippen LogP contribution in [0.1, 0.15) is 39.6 Å². The molecular weight excluding hydrogens is 554 g/mol. The van der Waals surface area contributed by atoms with Crippen LogP contribution in [0, 0.1) is 0 Å². The Morgan fingerprint density at radius 3 is 2.56 bits per heavy atom. The molecule has 0 aliphatic carbocycles. The molecule has 3 heterocycles. The van der Waals surface area contributed by atoms with Crippen molar-refractivity contribution in [3.63, 3.8) is 0 Å². The van der Waals surface area contributed by atoms with Gasteiger partial charge in [0.2, 0.25) is 5.91 Å². The first-order chi connectivity index (χ1) is 20.7. The number of carboxylic acids is 1. The van der Waals surface area contributed by atoms with Crippen LogP contribution >= 0.6 is 0 Å². The van der Waals surface area contributed by atoms with Gasteiger partial charge in [0.1, 0.15) is 23.9 Å². The number of imide groups is 1. The maximum absolute atomic E-state index is 14.3. The van der Waals surface area contributed by atoms with Crippen molar-refractivity contribution in [1.29, 1.82) is 0 Å². The second kappa shape index (κ2) is 10.6. The normalized spacial score (nSPS) is 18.3. The molecule has 4 aromatic rings. The molecule has 0 bridgehead atoms. The maximum atomic E-state index is 14.3. The lowest BCUT2D eigenvalue weighted by atomic mass is 9.89. The second-order valence-corrected chi connectivity index (χ2v) is 10.4. The quantitative estimate of drug-likeness (QED) is 0.231. The predicted octanol–water partition coefficient (Wildman–Crippen LogP) is 2.72. The van der Waals surface area contributed by atoms with Crippen LogP contribution in [0.5, 0.6) is 5.75 Å². The highest BCUT2D eigenvalue weighted by Gasteiger charge is 2.53. The fourth-order valence-corrected chi connectivity index (χ4v) is 5.95. The lowest BCUT2D eigenvalue weighted by Gasteiger charge is -2.36. The predicted molar refractivity (Wildman–Crippen MR) is 154 cm³/mol. The van der Waals surface area contributed by atoms with Crippen LogP contribution < -0.4 is 20.7 Å². The maximum Gasteiger partial charge on any atom is 0.332 e. The summed E-state index contributed by atoms with van der Waals surface area (Å²) in [4.78, 5) is 70.6. The molecule has 5 N–H and O–H groups in total. The van der Waals surface area contributed by atoms with Gasteiger partial charge in [-0.25, -0.2) is 14.5 Å². The summed E-state index contributed by atoms with van der Waals surface area (Å²) in [6, 6.07) is 17.1. The topological polar surface area (TPSA) is 175 Å². The Morgan fingerprint density at radius 2 is 1.81 bits per heavy atom. The monoisotopic (exact) mass is 581 g/mol. The van der Waals surface area contributed by atoms with Crippen molar-refractivity contribution in [1.82, 2.24) is 15.2 Å². The third kappa shape index (κ3) is 4.62. The molecule has 218 valence electrons. The zero-order valence-electron chi connectivity index (χ0n) is 22.9. The molecule has 12 heteroatoms. The number of nitrogens with zero attached hydrogens (tertiary/aromatic N) is 2. The molecule has 1 aromatic heterocycles. The number of hydrogen-bond acceptors (Lipinski definition) is 6. The highest BCUT2D eigenvalue weighted by Crippen LogP contribution is 2.45. The van der Waals surface area contributed by atoms with E-state index in [4.69, 9.17) is 10.5 Å². The fraction of sp³-hybridized carbons (Fsp3) is 0.194. The van der Waals surface area contributed by atoms with Gasteiger partial charge in [0.25, 0.3) is 11.8 Å². The van der Waals surface area contributed by atoms with Crippen LogP contribution in [0.4, 0.5) is 10.5 Å². The van der Waals surface area contributed by atoms with Crippen LogP contribution in [-0.4, -0.2) is 63.9 Å². The van der Waals surface area contributed by atoms with Gasteiger partial charge in [-0.2, -0.15) is 0 Å². The minimum absolute atomic E-state index is 0.00877. The van der Waals surface area contributed by atoms with Gasteiger partial charge in [0.15, 0.2) is 0 Å². The van der Waals surface area contributed by atoms with E-state index in [2.05, 4.69) is 10.3 Å². The van der Waals surface area contributed by atoms with E-state index in [1.54, 1.807) is 19.2 Å². The Morgan fingerprint density at radius 1 is 1.07 bits per heavy atom. The van der Waals surface area contributed by atoms with E-state index in [0.717, 1.165) is 32.6 Å². The van der Waals surface area contributed by atoms with Gasteiger partial charge in [-0.05, 0) is 41.5 Å². The molecule has 3 aromatic carbocycles. The van der Waals surface area contributed by atoms with Crippen LogP contribution in [0.25, 0.3) is 10.9 Å². The first kappa shape index (κ1) is 27.5. The zero-order chi connectivity index (χ0) is 30.4. The van der Waals surface area contributed by atoms with Gasteiger partial charge >= 0.3 is 12.0 Å². The summed E-state index contributed by atoms with van der Waals surface area (Å²) in [5, 5.41) is 12.7. The zero-order valence-corrected chi connectivity index (χ0v) is 22.9. The van der Waals surface area contributed by atoms with E-state index in [1.165, 1.54) is 23.1 Å². The summed E-state index contributed by atoms with van der Waals surface area (Å²) < 4.78 is 5.45. The van der Waals surface area contributed by atoms with Crippen molar-refractivity contribution < 1.29 is 33.8 Å². The summed E-state index contributed by atoms with van der Waals surface area (Å²) in [7, 11) is 1.55. The fourth-order valence-electron chi connectivity index (χ4n) is 5.95. The number of aromatic nitrogens is 1. The summed E-state index contributed by atoms with van der Waals surface area (Å²) in [5.41, 5.74) is 8.32. The lowest BCUT2D eigenvalue weighted by Crippen LogP contribution is -2.44. The Hall–Kier alpha value is -5.65. The van der Waals surface area contributed by atoms with Gasteiger partial charge in [0, 0.05) is 23.0 Å². The summed E-state index contributed by atoms with van der Waals surface area (Å²) in [6.07, 6.45) is -0.385. The van der Waals surface area contributed by atoms with Gasteiger partial charge < -0.3 is 25.9 Å². The van der Waals surface area contributed by atoms with Crippen LogP contribution in [0.3, 0.4) is 0 Å². The minimum atomic E-state index is -1.59. The SMILES string of the molecule is COc1cccc(C2c3[nH]c4ccccc4c3CC3C(=O)N(c4ccccc4C(=O)NC(CC(N)=O)C(=O)O)C(=O)N32)c1. The number of urea groups is 1. The summed E-state index contributed by atoms with van der Waals surface area (Å²) >= 11 is 0. The molecule has 6 rings (SSSR count). The Labute approximate surface area is 245 Å². The average molecular weight is 582 g/mol. The van der Waals surface area contributed by atoms with E-state index >= 15 is 0 Å². The Balaban J connectivity index is 1.44. The standard InChI is InChI=1S/C31H27N5O7/c1-43-17-8-6-7-16(13-17)27-26-20(18-9-2-4-11-21(18)33-26)14-24-29(39)36(31(42)35(24)27)23-12-5-3-10-19(23)28(38)34-22(30(40)41)15-25(32)37/h2-13,22,24,27,33H,14-15H2,1H3,(H2,32,37)(H,34,38)(H,40,41). The number of hydrogen-bond donors (Lipinski definition) is 4. The van der Waals surface area contributed by atoms with Crippen molar-refractivity contribution >= 4 is 46.3 Å². The molecule has 0 radical (unpaired) electrons. The van der Waals surface area contributed by atoms with Crippen molar-refractivity contribution in [3.05, 3.63) is 95.2 Å². The third-order valence-electron chi connectivity index (χ3n) is 7.86. The van der Waals surface area contributed by atoms with Crippen molar-refractivity contribution in [2.75, 3.05) is 12.0 Å². The molecular formula is C31H27N5O7. The van der Waals surface area contributed by atoms with Gasteiger partial charge in [-0.3, -0.25) is 19.3 Å². The van der Waals surface area contributed by atoms with Gasteiger partial charge in [0.05, 0.1) is 24.8 Å². The van der Waals surface area contributed by atoms with E-state index in [-0.39, 0.29) is 17.7 Å². The number of anilines is 1. The van der Waals surface area contributed by atoms with Crippen molar-refractivity contribution in [2.45, 2.75) is 31.0 Å². The number of aromatic amines is 1. The average Bonchev–Trinajstić information content (AvgIpc) is 3.49. The van der Waals surface area contributed by atoms with E-state index in [9.17, 15) is 29.1 Å². The number of H-pyrrole nitrogens is 1.